The van der Waals surface area contributed by atoms with E-state index in [0.717, 1.165) is 6.07 Å². The molecule has 0 aliphatic heterocycles. The number of sulfonamides is 1. The lowest BCUT2D eigenvalue weighted by molar-refractivity contribution is -0.387. The topological polar surface area (TPSA) is 118 Å². The van der Waals surface area contributed by atoms with Crippen molar-refractivity contribution in [1.82, 2.24) is 10.0 Å². The monoisotopic (exact) mass is 305 g/mol. The lowest BCUT2D eigenvalue weighted by Gasteiger charge is -2.09. The Kier molecular flexibility index (Phi) is 4.73. The highest BCUT2D eigenvalue weighted by Crippen LogP contribution is 2.25. The minimum atomic E-state index is -4.15. The van der Waals surface area contributed by atoms with Gasteiger partial charge in [-0.1, -0.05) is 0 Å². The van der Waals surface area contributed by atoms with Gasteiger partial charge in [-0.15, -0.1) is 0 Å². The Morgan fingerprint density at radius 3 is 2.55 bits per heavy atom. The highest BCUT2D eigenvalue weighted by atomic mass is 32.2. The van der Waals surface area contributed by atoms with Crippen LogP contribution < -0.4 is 10.0 Å². The zero-order chi connectivity index (χ0) is 15.5. The van der Waals surface area contributed by atoms with Gasteiger partial charge in [0.25, 0.3) is 0 Å². The molecule has 110 valence electrons. The SMILES string of the molecule is CNC(=O)CNS(=O)(=O)c1cc([N+](=O)[O-])c(F)cc1C. The Morgan fingerprint density at radius 1 is 1.45 bits per heavy atom. The van der Waals surface area contributed by atoms with Crippen LogP contribution in [0.3, 0.4) is 0 Å². The van der Waals surface area contributed by atoms with Gasteiger partial charge in [-0.3, -0.25) is 14.9 Å². The van der Waals surface area contributed by atoms with Crippen LogP contribution in [0.1, 0.15) is 5.56 Å². The number of nitrogens with zero attached hydrogens (tertiary/aromatic N) is 1. The molecule has 0 spiro atoms. The molecule has 0 fully saturated rings. The van der Waals surface area contributed by atoms with Crippen LogP contribution in [-0.4, -0.2) is 32.8 Å². The molecule has 0 bridgehead atoms. The molecule has 0 aromatic heterocycles. The van der Waals surface area contributed by atoms with E-state index < -0.39 is 43.8 Å². The number of carbonyl (C=O) groups excluding carboxylic acids is 1. The molecule has 8 nitrogen and oxygen atoms in total. The number of likely N-dealkylation sites (N-methyl/N-ethyl adjacent to an activating group) is 1. The van der Waals surface area contributed by atoms with Crippen molar-refractivity contribution in [3.05, 3.63) is 33.6 Å². The molecule has 0 atom stereocenters. The first-order chi connectivity index (χ1) is 9.19. The van der Waals surface area contributed by atoms with Gasteiger partial charge in [0, 0.05) is 13.1 Å². The summed E-state index contributed by atoms with van der Waals surface area (Å²) in [6.45, 7) is 0.769. The third-order valence-corrected chi connectivity index (χ3v) is 3.98. The van der Waals surface area contributed by atoms with Gasteiger partial charge in [0.1, 0.15) is 0 Å². The molecule has 0 saturated carbocycles. The van der Waals surface area contributed by atoms with Crippen molar-refractivity contribution >= 4 is 21.6 Å². The second-order valence-corrected chi connectivity index (χ2v) is 5.56. The minimum Gasteiger partial charge on any atom is -0.358 e. The number of hydrogen-bond acceptors (Lipinski definition) is 5. The fraction of sp³-hybridized carbons (Fsp3) is 0.300. The van der Waals surface area contributed by atoms with E-state index in [2.05, 4.69) is 5.32 Å². The molecular formula is C10H12FN3O5S. The normalized spacial score (nSPS) is 11.2. The molecule has 1 amide bonds. The summed E-state index contributed by atoms with van der Waals surface area (Å²) in [6, 6.07) is 1.38. The molecule has 0 radical (unpaired) electrons. The van der Waals surface area contributed by atoms with Crippen LogP contribution in [0.5, 0.6) is 0 Å². The molecule has 1 aromatic rings. The number of rotatable bonds is 5. The average Bonchev–Trinajstić information content (AvgIpc) is 2.35. The Labute approximate surface area is 114 Å². The number of hydrogen-bond donors (Lipinski definition) is 2. The van der Waals surface area contributed by atoms with Crippen LogP contribution in [0.4, 0.5) is 10.1 Å². The van der Waals surface area contributed by atoms with Crippen molar-refractivity contribution in [2.45, 2.75) is 11.8 Å². The van der Waals surface area contributed by atoms with Gasteiger partial charge >= 0.3 is 5.69 Å². The van der Waals surface area contributed by atoms with Crippen molar-refractivity contribution in [1.29, 1.82) is 0 Å². The van der Waals surface area contributed by atoms with Gasteiger partial charge in [-0.2, -0.15) is 4.39 Å². The van der Waals surface area contributed by atoms with Crippen LogP contribution in [0, 0.1) is 22.9 Å². The van der Waals surface area contributed by atoms with Crippen LogP contribution in [0.2, 0.25) is 0 Å². The van der Waals surface area contributed by atoms with Crippen LogP contribution in [-0.2, 0) is 14.8 Å². The lowest BCUT2D eigenvalue weighted by atomic mass is 10.2. The summed E-state index contributed by atoms with van der Waals surface area (Å²) in [5.74, 6) is -1.71. The Morgan fingerprint density at radius 2 is 2.05 bits per heavy atom. The van der Waals surface area contributed by atoms with Gasteiger partial charge in [0.2, 0.25) is 21.7 Å². The first-order valence-corrected chi connectivity index (χ1v) is 6.82. The van der Waals surface area contributed by atoms with E-state index in [0.29, 0.717) is 6.07 Å². The van der Waals surface area contributed by atoms with E-state index in [1.165, 1.54) is 14.0 Å². The molecule has 0 aliphatic carbocycles. The summed E-state index contributed by atoms with van der Waals surface area (Å²) in [4.78, 5) is 20.1. The molecule has 0 unspecified atom stereocenters. The molecule has 0 aliphatic rings. The minimum absolute atomic E-state index is 0.00231. The summed E-state index contributed by atoms with van der Waals surface area (Å²) in [7, 11) is -2.83. The first kappa shape index (κ1) is 16.0. The third-order valence-electron chi connectivity index (χ3n) is 2.43. The van der Waals surface area contributed by atoms with Crippen molar-refractivity contribution in [3.63, 3.8) is 0 Å². The highest BCUT2D eigenvalue weighted by molar-refractivity contribution is 7.89. The predicted molar refractivity (Wildman–Crippen MR) is 67.0 cm³/mol. The maximum atomic E-state index is 13.3. The van der Waals surface area contributed by atoms with E-state index in [1.54, 1.807) is 0 Å². The quantitative estimate of drug-likeness (QED) is 0.589. The van der Waals surface area contributed by atoms with Crippen molar-refractivity contribution < 1.29 is 22.5 Å². The third kappa shape index (κ3) is 3.48. The predicted octanol–water partition coefficient (Wildman–Crippen LogP) is 0.0666. The first-order valence-electron chi connectivity index (χ1n) is 5.34. The molecule has 0 heterocycles. The van der Waals surface area contributed by atoms with E-state index in [-0.39, 0.29) is 5.56 Å². The van der Waals surface area contributed by atoms with Crippen LogP contribution in [0.15, 0.2) is 17.0 Å². The number of carbonyl (C=O) groups is 1. The molecule has 20 heavy (non-hydrogen) atoms. The lowest BCUT2D eigenvalue weighted by Crippen LogP contribution is -2.35. The van der Waals surface area contributed by atoms with Crippen molar-refractivity contribution in [2.75, 3.05) is 13.6 Å². The number of amides is 1. The van der Waals surface area contributed by atoms with E-state index >= 15 is 0 Å². The Bertz CT molecular complexity index is 659. The van der Waals surface area contributed by atoms with Crippen molar-refractivity contribution in [2.24, 2.45) is 0 Å². The number of benzene rings is 1. The number of nitro benzene ring substituents is 1. The van der Waals surface area contributed by atoms with Crippen LogP contribution >= 0.6 is 0 Å². The fourth-order valence-corrected chi connectivity index (χ4v) is 2.62. The van der Waals surface area contributed by atoms with Crippen LogP contribution in [0.25, 0.3) is 0 Å². The second kappa shape index (κ2) is 5.92. The standard InChI is InChI=1S/C10H12FN3O5S/c1-6-3-7(11)8(14(16)17)4-9(6)20(18,19)13-5-10(15)12-2/h3-4,13H,5H2,1-2H3,(H,12,15). The van der Waals surface area contributed by atoms with Gasteiger partial charge in [0.15, 0.2) is 0 Å². The molecule has 10 heteroatoms. The largest absolute Gasteiger partial charge is 0.358 e. The molecule has 1 aromatic carbocycles. The number of nitro groups is 1. The van der Waals surface area contributed by atoms with Crippen molar-refractivity contribution in [3.8, 4) is 0 Å². The highest BCUT2D eigenvalue weighted by Gasteiger charge is 2.24. The average molecular weight is 305 g/mol. The molecule has 0 saturated heterocycles. The fourth-order valence-electron chi connectivity index (χ4n) is 1.40. The summed E-state index contributed by atoms with van der Waals surface area (Å²) >= 11 is 0. The number of aryl methyl sites for hydroxylation is 1. The summed E-state index contributed by atoms with van der Waals surface area (Å²) in [6.07, 6.45) is 0. The van der Waals surface area contributed by atoms with E-state index in [4.69, 9.17) is 0 Å². The maximum Gasteiger partial charge on any atom is 0.306 e. The number of halogens is 1. The number of nitrogens with one attached hydrogen (secondary N) is 2. The molecule has 2 N–H and O–H groups in total. The van der Waals surface area contributed by atoms with Gasteiger partial charge < -0.3 is 5.32 Å². The zero-order valence-electron chi connectivity index (χ0n) is 10.6. The summed E-state index contributed by atoms with van der Waals surface area (Å²) in [5.41, 5.74) is -0.951. The zero-order valence-corrected chi connectivity index (χ0v) is 11.5. The maximum absolute atomic E-state index is 13.3. The van der Waals surface area contributed by atoms with Gasteiger partial charge in [-0.05, 0) is 18.6 Å². The second-order valence-electron chi connectivity index (χ2n) is 3.82. The summed E-state index contributed by atoms with van der Waals surface area (Å²) in [5, 5.41) is 12.8. The van der Waals surface area contributed by atoms with Gasteiger partial charge in [0.05, 0.1) is 16.4 Å². The van der Waals surface area contributed by atoms with E-state index in [1.807, 2.05) is 4.72 Å². The van der Waals surface area contributed by atoms with E-state index in [9.17, 15) is 27.7 Å². The molecular weight excluding hydrogens is 293 g/mol. The summed E-state index contributed by atoms with van der Waals surface area (Å²) < 4.78 is 39.1. The molecule has 1 rings (SSSR count). The Balaban J connectivity index is 3.21. The van der Waals surface area contributed by atoms with Gasteiger partial charge in [-0.25, -0.2) is 13.1 Å². The Hall–Kier alpha value is -2.07. The smallest absolute Gasteiger partial charge is 0.306 e.